The van der Waals surface area contributed by atoms with E-state index in [0.717, 1.165) is 55.4 Å². The Labute approximate surface area is 207 Å². The lowest BCUT2D eigenvalue weighted by Gasteiger charge is -2.17. The lowest BCUT2D eigenvalue weighted by Crippen LogP contribution is -2.47. The molecule has 0 atom stereocenters. The highest BCUT2D eigenvalue weighted by Gasteiger charge is 2.14. The molecule has 6 heteroatoms. The third-order valence-electron chi connectivity index (χ3n) is 5.83. The number of H-pyrrole nitrogens is 1. The highest BCUT2D eigenvalue weighted by molar-refractivity contribution is 7.80. The average Bonchev–Trinajstić information content (AvgIpc) is 2.84. The van der Waals surface area contributed by atoms with Crippen LogP contribution in [0.5, 0.6) is 0 Å². The number of rotatable bonds is 5. The van der Waals surface area contributed by atoms with Crippen LogP contribution in [0.15, 0.2) is 57.0 Å². The van der Waals surface area contributed by atoms with Gasteiger partial charge in [0.2, 0.25) is 0 Å². The smallest absolute Gasteiger partial charge is 0.139 e. The predicted octanol–water partition coefficient (Wildman–Crippen LogP) is 5.25. The Kier molecular flexibility index (Phi) is 8.29. The monoisotopic (exact) mass is 474 g/mol. The first kappa shape index (κ1) is 25.2. The van der Waals surface area contributed by atoms with Crippen LogP contribution in [0.2, 0.25) is 0 Å². The molecule has 0 saturated carbocycles. The number of aromatic amines is 1. The quantitative estimate of drug-likeness (QED) is 0.349. The van der Waals surface area contributed by atoms with Crippen LogP contribution < -0.4 is 16.3 Å². The van der Waals surface area contributed by atoms with Crippen molar-refractivity contribution in [3.63, 3.8) is 0 Å². The van der Waals surface area contributed by atoms with Crippen molar-refractivity contribution in [1.82, 2.24) is 9.95 Å². The number of nitrogens with one attached hydrogen (secondary N) is 1. The molecule has 1 aromatic carbocycles. The summed E-state index contributed by atoms with van der Waals surface area (Å²) in [7, 11) is 1.72. The Bertz CT molecular complexity index is 1390. The summed E-state index contributed by atoms with van der Waals surface area (Å²) < 4.78 is 7.93. The van der Waals surface area contributed by atoms with Crippen LogP contribution in [0.4, 0.5) is 0 Å². The number of thiol groups is 1. The minimum absolute atomic E-state index is 0.707. The molecule has 2 aliphatic heterocycles. The van der Waals surface area contributed by atoms with Crippen molar-refractivity contribution < 1.29 is 4.52 Å². The predicted molar refractivity (Wildman–Crippen MR) is 148 cm³/mol. The van der Waals surface area contributed by atoms with Gasteiger partial charge in [-0.1, -0.05) is 37.3 Å². The molecule has 2 aliphatic rings. The zero-order valence-electron chi connectivity index (χ0n) is 20.8. The van der Waals surface area contributed by atoms with Crippen molar-refractivity contribution >= 4 is 42.1 Å². The van der Waals surface area contributed by atoms with E-state index in [1.165, 1.54) is 5.56 Å². The first-order chi connectivity index (χ1) is 16.4. The van der Waals surface area contributed by atoms with Crippen molar-refractivity contribution in [3.8, 4) is 5.69 Å². The summed E-state index contributed by atoms with van der Waals surface area (Å²) in [6, 6.07) is 10.4. The van der Waals surface area contributed by atoms with Crippen LogP contribution in [0.1, 0.15) is 48.3 Å². The van der Waals surface area contributed by atoms with Crippen LogP contribution in [0.3, 0.4) is 0 Å². The van der Waals surface area contributed by atoms with Crippen molar-refractivity contribution in [2.75, 3.05) is 7.05 Å². The van der Waals surface area contributed by atoms with Gasteiger partial charge in [-0.15, -0.1) is 12.6 Å². The van der Waals surface area contributed by atoms with Gasteiger partial charge in [0.15, 0.2) is 0 Å². The molecule has 5 nitrogen and oxygen atoms in total. The van der Waals surface area contributed by atoms with Crippen LogP contribution in [0.25, 0.3) is 29.0 Å². The SMILES string of the molecule is C\C=c1/c(=C\C(=C\CC)c2c(C)cccc2S)c2ccc(C)c(/C(C=NC)=C/N)c(C)o[nH]n1-2. The Balaban J connectivity index is 2.37. The maximum atomic E-state index is 5.99. The number of hydrogen-bond acceptors (Lipinski definition) is 4. The van der Waals surface area contributed by atoms with Gasteiger partial charge in [-0.3, -0.25) is 4.99 Å². The number of aromatic nitrogens is 2. The summed E-state index contributed by atoms with van der Waals surface area (Å²) in [5.41, 5.74) is 13.1. The second-order valence-electron chi connectivity index (χ2n) is 8.14. The molecule has 0 aromatic heterocycles. The van der Waals surface area contributed by atoms with E-state index in [0.29, 0.717) is 5.76 Å². The summed E-state index contributed by atoms with van der Waals surface area (Å²) in [4.78, 5) is 5.10. The van der Waals surface area contributed by atoms with Gasteiger partial charge in [-0.05, 0) is 74.6 Å². The summed E-state index contributed by atoms with van der Waals surface area (Å²) in [6.07, 6.45) is 10.8. The number of nitrogens with zero attached hydrogens (tertiary/aromatic N) is 2. The fourth-order valence-corrected chi connectivity index (χ4v) is 4.66. The molecule has 0 saturated heterocycles. The maximum absolute atomic E-state index is 5.99. The third kappa shape index (κ3) is 4.92. The summed E-state index contributed by atoms with van der Waals surface area (Å²) in [6.45, 7) is 10.3. The Hall–Kier alpha value is -3.38. The highest BCUT2D eigenvalue weighted by atomic mass is 32.1. The molecule has 2 heterocycles. The number of aryl methyl sites for hydroxylation is 3. The van der Waals surface area contributed by atoms with Crippen LogP contribution in [-0.2, 0) is 0 Å². The number of allylic oxidation sites excluding steroid dienone is 3. The summed E-state index contributed by atoms with van der Waals surface area (Å²) >= 11 is 4.75. The largest absolute Gasteiger partial charge is 0.404 e. The van der Waals surface area contributed by atoms with E-state index in [1.54, 1.807) is 19.5 Å². The summed E-state index contributed by atoms with van der Waals surface area (Å²) in [5.74, 6) is 0.707. The number of aliphatic imine (C=N–C) groups is 1. The molecule has 0 spiro atoms. The third-order valence-corrected chi connectivity index (χ3v) is 6.21. The van der Waals surface area contributed by atoms with Crippen molar-refractivity contribution in [2.24, 2.45) is 10.7 Å². The van der Waals surface area contributed by atoms with Gasteiger partial charge < -0.3 is 10.3 Å². The van der Waals surface area contributed by atoms with Crippen LogP contribution in [0, 0.1) is 20.8 Å². The molecule has 1 aromatic rings. The molecule has 0 aliphatic carbocycles. The topological polar surface area (TPSA) is 72.2 Å². The molecule has 0 fully saturated rings. The molecule has 34 heavy (non-hydrogen) atoms. The Morgan fingerprint density at radius 1 is 1.12 bits per heavy atom. The van der Waals surface area contributed by atoms with E-state index in [1.807, 2.05) is 37.6 Å². The molecule has 3 rings (SSSR count). The molecule has 0 amide bonds. The van der Waals surface area contributed by atoms with Crippen molar-refractivity contribution in [1.29, 1.82) is 0 Å². The van der Waals surface area contributed by atoms with Gasteiger partial charge in [-0.2, -0.15) is 5.27 Å². The van der Waals surface area contributed by atoms with Gasteiger partial charge in [-0.25, -0.2) is 4.68 Å². The zero-order chi connectivity index (χ0) is 24.8. The first-order valence-electron chi connectivity index (χ1n) is 11.4. The number of hydrogen-bond donors (Lipinski definition) is 3. The van der Waals surface area contributed by atoms with E-state index in [2.05, 4.69) is 60.5 Å². The minimum atomic E-state index is 0.707. The second-order valence-corrected chi connectivity index (χ2v) is 8.62. The van der Waals surface area contributed by atoms with Crippen LogP contribution >= 0.6 is 12.6 Å². The lowest BCUT2D eigenvalue weighted by atomic mass is 9.97. The van der Waals surface area contributed by atoms with E-state index in [9.17, 15) is 0 Å². The zero-order valence-corrected chi connectivity index (χ0v) is 21.7. The Morgan fingerprint density at radius 2 is 1.85 bits per heavy atom. The van der Waals surface area contributed by atoms with Gasteiger partial charge in [0.25, 0.3) is 0 Å². The number of nitrogens with two attached hydrogens (primary N) is 1. The molecule has 0 bridgehead atoms. The minimum Gasteiger partial charge on any atom is -0.404 e. The maximum Gasteiger partial charge on any atom is 0.139 e. The fraction of sp³-hybridized carbons (Fsp3) is 0.250. The molecule has 0 radical (unpaired) electrons. The molecule has 178 valence electrons. The number of fused-ring (bicyclic) bond motifs is 1. The average molecular weight is 475 g/mol. The lowest BCUT2D eigenvalue weighted by molar-refractivity contribution is 0.316. The van der Waals surface area contributed by atoms with Crippen molar-refractivity contribution in [2.45, 2.75) is 45.9 Å². The fourth-order valence-electron chi connectivity index (χ4n) is 4.27. The van der Waals surface area contributed by atoms with Gasteiger partial charge in [0.1, 0.15) is 5.76 Å². The van der Waals surface area contributed by atoms with E-state index in [4.69, 9.17) is 22.9 Å². The van der Waals surface area contributed by atoms with Crippen LogP contribution in [-0.4, -0.2) is 23.2 Å². The molecule has 0 unspecified atom stereocenters. The molecule has 3 N–H and O–H groups in total. The molecular formula is C28H34N4OS. The normalized spacial score (nSPS) is 14.0. The van der Waals surface area contributed by atoms with E-state index >= 15 is 0 Å². The number of benzene rings is 1. The molecular weight excluding hydrogens is 440 g/mol. The van der Waals surface area contributed by atoms with Gasteiger partial charge >= 0.3 is 0 Å². The van der Waals surface area contributed by atoms with Gasteiger partial charge in [0, 0.05) is 40.7 Å². The van der Waals surface area contributed by atoms with Gasteiger partial charge in [0.05, 0.1) is 11.0 Å². The van der Waals surface area contributed by atoms with E-state index in [-0.39, 0.29) is 0 Å². The summed E-state index contributed by atoms with van der Waals surface area (Å²) in [5, 5.41) is 5.26. The first-order valence-corrected chi connectivity index (χ1v) is 11.9. The highest BCUT2D eigenvalue weighted by Crippen LogP contribution is 2.28. The second kappa shape index (κ2) is 11.2. The standard InChI is InChI=1S/C28H34N4OS/c1-7-10-21(28-18(3)11-9-12-26(28)34)15-23-24(8-2)32-25(23)14-13-19(4)27(20(5)33-31-32)22(16-29)17-30-6/h8-17,31,34H,7,29H2,1-6H3/b19-13?,21-10-,22-16+,23-15+,24-8+,25-14?,27-20?,30-17?. The van der Waals surface area contributed by atoms with E-state index < -0.39 is 0 Å². The Morgan fingerprint density at radius 3 is 2.47 bits per heavy atom. The van der Waals surface area contributed by atoms with Crippen molar-refractivity contribution in [3.05, 3.63) is 81.2 Å².